The third-order valence-electron chi connectivity index (χ3n) is 7.65. The van der Waals surface area contributed by atoms with Crippen LogP contribution in [0.5, 0.6) is 0 Å². The maximum absolute atomic E-state index is 14.4. The number of halogens is 2. The van der Waals surface area contributed by atoms with Crippen LogP contribution in [0.1, 0.15) is 64.9 Å². The lowest BCUT2D eigenvalue weighted by Gasteiger charge is -2.41. The predicted molar refractivity (Wildman–Crippen MR) is 124 cm³/mol. The molecule has 0 aliphatic heterocycles. The van der Waals surface area contributed by atoms with Gasteiger partial charge in [-0.3, -0.25) is 4.79 Å². The fourth-order valence-corrected chi connectivity index (χ4v) is 5.24. The van der Waals surface area contributed by atoms with Gasteiger partial charge in [-0.1, -0.05) is 52.8 Å². The molecular weight excluding hydrogens is 408 g/mol. The molecule has 0 heterocycles. The van der Waals surface area contributed by atoms with Crippen LogP contribution in [-0.4, -0.2) is 11.9 Å². The highest BCUT2D eigenvalue weighted by atomic mass is 19.1. The highest BCUT2D eigenvalue weighted by molar-refractivity contribution is 5.84. The van der Waals surface area contributed by atoms with Crippen LogP contribution in [0, 0.1) is 28.4 Å². The van der Waals surface area contributed by atoms with E-state index in [2.05, 4.69) is 42.6 Å². The first kappa shape index (κ1) is 24.0. The van der Waals surface area contributed by atoms with Crippen molar-refractivity contribution in [3.05, 3.63) is 66.4 Å². The summed E-state index contributed by atoms with van der Waals surface area (Å²) in [4.78, 5) is 13.3. The zero-order valence-electron chi connectivity index (χ0n) is 19.3. The number of amides is 1. The lowest BCUT2D eigenvalue weighted by Crippen LogP contribution is -2.49. The fraction of sp³-hybridized carbons (Fsp3) is 0.500. The van der Waals surface area contributed by atoms with Crippen LogP contribution < -0.4 is 5.32 Å². The summed E-state index contributed by atoms with van der Waals surface area (Å²) in [5.74, 6) is -1.41. The van der Waals surface area contributed by atoms with Gasteiger partial charge in [-0.05, 0) is 60.8 Å². The smallest absolute Gasteiger partial charge is 0.226 e. The summed E-state index contributed by atoms with van der Waals surface area (Å²) in [6.45, 7) is 13.9. The van der Waals surface area contributed by atoms with E-state index in [-0.39, 0.29) is 29.1 Å². The van der Waals surface area contributed by atoms with Crippen molar-refractivity contribution in [1.29, 1.82) is 0 Å². The molecule has 0 saturated heterocycles. The maximum Gasteiger partial charge on any atom is 0.226 e. The molecule has 2 atom stereocenters. The van der Waals surface area contributed by atoms with Crippen LogP contribution in [-0.2, 0) is 4.79 Å². The highest BCUT2D eigenvalue weighted by Gasteiger charge is 2.56. The van der Waals surface area contributed by atoms with E-state index in [9.17, 15) is 13.6 Å². The minimum absolute atomic E-state index is 0.0466. The zero-order chi connectivity index (χ0) is 23.5. The average molecular weight is 442 g/mol. The second-order valence-corrected chi connectivity index (χ2v) is 9.70. The van der Waals surface area contributed by atoms with Crippen LogP contribution in [0.3, 0.4) is 0 Å². The summed E-state index contributed by atoms with van der Waals surface area (Å²) in [7, 11) is 0. The summed E-state index contributed by atoms with van der Waals surface area (Å²) in [5, 5.41) is 11.0. The summed E-state index contributed by atoms with van der Waals surface area (Å²) >= 11 is 0. The van der Waals surface area contributed by atoms with E-state index >= 15 is 0 Å². The third-order valence-corrected chi connectivity index (χ3v) is 7.65. The van der Waals surface area contributed by atoms with Gasteiger partial charge in [0.1, 0.15) is 11.6 Å². The van der Waals surface area contributed by atoms with Gasteiger partial charge in [-0.25, -0.2) is 8.78 Å². The van der Waals surface area contributed by atoms with Gasteiger partial charge in [0.15, 0.2) is 0 Å². The van der Waals surface area contributed by atoms with Gasteiger partial charge in [0.25, 0.3) is 0 Å². The Balaban J connectivity index is 1.90. The largest absolute Gasteiger partial charge is 0.353 e. The van der Waals surface area contributed by atoms with E-state index in [0.29, 0.717) is 12.0 Å². The van der Waals surface area contributed by atoms with Crippen molar-refractivity contribution in [2.45, 2.75) is 65.3 Å². The van der Waals surface area contributed by atoms with E-state index in [4.69, 9.17) is 0 Å². The maximum atomic E-state index is 14.4. The first-order valence-corrected chi connectivity index (χ1v) is 11.3. The van der Waals surface area contributed by atoms with Gasteiger partial charge >= 0.3 is 0 Å². The molecule has 32 heavy (non-hydrogen) atoms. The van der Waals surface area contributed by atoms with Gasteiger partial charge in [0.2, 0.25) is 5.91 Å². The molecule has 0 aromatic heterocycles. The lowest BCUT2D eigenvalue weighted by atomic mass is 9.63. The topological polar surface area (TPSA) is 53.8 Å². The van der Waals surface area contributed by atoms with Gasteiger partial charge in [0.05, 0.1) is 16.7 Å². The zero-order valence-corrected chi connectivity index (χ0v) is 19.3. The molecule has 4 nitrogen and oxygen atoms in total. The van der Waals surface area contributed by atoms with Crippen molar-refractivity contribution in [2.75, 3.05) is 0 Å². The van der Waals surface area contributed by atoms with Crippen LogP contribution in [0.2, 0.25) is 0 Å². The van der Waals surface area contributed by atoms with Crippen molar-refractivity contribution in [3.63, 3.8) is 0 Å². The number of benzene rings is 1. The van der Waals surface area contributed by atoms with Crippen LogP contribution in [0.15, 0.2) is 59.4 Å². The average Bonchev–Trinajstić information content (AvgIpc) is 3.32. The molecule has 0 spiro atoms. The normalized spacial score (nSPS) is 25.9. The quantitative estimate of drug-likeness (QED) is 0.361. The van der Waals surface area contributed by atoms with E-state index in [0.717, 1.165) is 32.1 Å². The Morgan fingerprint density at radius 3 is 2.38 bits per heavy atom. The van der Waals surface area contributed by atoms with Crippen molar-refractivity contribution in [3.8, 4) is 0 Å². The predicted octanol–water partition coefficient (Wildman–Crippen LogP) is 6.96. The molecule has 1 amide bonds. The second kappa shape index (κ2) is 9.47. The van der Waals surface area contributed by atoms with Crippen molar-refractivity contribution in [2.24, 2.45) is 27.0 Å². The van der Waals surface area contributed by atoms with E-state index in [1.165, 1.54) is 24.4 Å². The molecule has 0 bridgehead atoms. The molecule has 3 rings (SSSR count). The Morgan fingerprint density at radius 2 is 1.78 bits per heavy atom. The Kier molecular flexibility index (Phi) is 7.11. The van der Waals surface area contributed by atoms with Gasteiger partial charge in [0, 0.05) is 12.2 Å². The number of carbonyl (C=O) groups excluding carboxylic acids is 1. The number of azo groups is 1. The van der Waals surface area contributed by atoms with E-state index in [1.54, 1.807) is 6.08 Å². The van der Waals surface area contributed by atoms with E-state index < -0.39 is 22.5 Å². The SMILES string of the molecule is C=CN=N/C(=C\C(=C)C1CC[C@](C)(C(=O)NC2CCCC2)C1(C)C)c1c(F)cccc1F. The number of nitrogens with one attached hydrogen (secondary N) is 1. The first-order chi connectivity index (χ1) is 15.1. The lowest BCUT2D eigenvalue weighted by molar-refractivity contribution is -0.136. The minimum Gasteiger partial charge on any atom is -0.353 e. The summed E-state index contributed by atoms with van der Waals surface area (Å²) in [6, 6.07) is 3.93. The van der Waals surface area contributed by atoms with Crippen molar-refractivity contribution >= 4 is 11.6 Å². The Morgan fingerprint density at radius 1 is 1.16 bits per heavy atom. The van der Waals surface area contributed by atoms with E-state index in [1.807, 2.05) is 6.92 Å². The van der Waals surface area contributed by atoms with Gasteiger partial charge in [-0.15, -0.1) is 0 Å². The van der Waals surface area contributed by atoms with Crippen LogP contribution in [0.25, 0.3) is 5.70 Å². The minimum atomic E-state index is -0.724. The molecule has 172 valence electrons. The molecule has 2 fully saturated rings. The van der Waals surface area contributed by atoms with Crippen LogP contribution in [0.4, 0.5) is 8.78 Å². The molecule has 6 heteroatoms. The summed E-state index contributed by atoms with van der Waals surface area (Å²) in [5.41, 5.74) is -0.504. The molecule has 2 aliphatic carbocycles. The number of carbonyl (C=O) groups is 1. The number of hydrogen-bond donors (Lipinski definition) is 1. The summed E-state index contributed by atoms with van der Waals surface area (Å²) in [6.07, 6.45) is 8.64. The molecule has 2 saturated carbocycles. The number of nitrogens with zero attached hydrogens (tertiary/aromatic N) is 2. The molecule has 0 radical (unpaired) electrons. The number of hydrogen-bond acceptors (Lipinski definition) is 3. The van der Waals surface area contributed by atoms with Crippen molar-refractivity contribution < 1.29 is 13.6 Å². The molecule has 2 aliphatic rings. The fourth-order valence-electron chi connectivity index (χ4n) is 5.24. The monoisotopic (exact) mass is 441 g/mol. The molecule has 1 aromatic rings. The van der Waals surface area contributed by atoms with Gasteiger partial charge in [-0.2, -0.15) is 10.2 Å². The number of rotatable bonds is 7. The summed E-state index contributed by atoms with van der Waals surface area (Å²) < 4.78 is 28.9. The Hall–Kier alpha value is -2.63. The molecular formula is C26H33F2N3O. The Labute approximate surface area is 189 Å². The highest BCUT2D eigenvalue weighted by Crippen LogP contribution is 2.58. The molecule has 1 aromatic carbocycles. The number of allylic oxidation sites excluding steroid dienone is 2. The third kappa shape index (κ3) is 4.45. The van der Waals surface area contributed by atoms with Crippen LogP contribution >= 0.6 is 0 Å². The Bertz CT molecular complexity index is 940. The molecule has 1 N–H and O–H groups in total. The van der Waals surface area contributed by atoms with Crippen molar-refractivity contribution in [1.82, 2.24) is 5.32 Å². The standard InChI is InChI=1S/C26H33F2N3O/c1-6-29-31-22(23-20(27)12-9-13-21(23)28)16-17(2)19-14-15-26(5,25(19,3)4)24(32)30-18-10-7-8-11-18/h6,9,12-13,16,18-19H,1-2,7-8,10-11,14-15H2,3-5H3,(H,30,32)/b22-16-,31-29?/t19?,26-/m1/s1. The molecule has 1 unspecified atom stereocenters. The van der Waals surface area contributed by atoms with Gasteiger partial charge < -0.3 is 5.32 Å². The second-order valence-electron chi connectivity index (χ2n) is 9.70. The first-order valence-electron chi connectivity index (χ1n) is 11.3.